The summed E-state index contributed by atoms with van der Waals surface area (Å²) in [6, 6.07) is 26.6. The number of rotatable bonds is 3. The van der Waals surface area contributed by atoms with E-state index in [0.29, 0.717) is 5.54 Å². The van der Waals surface area contributed by atoms with E-state index in [1.54, 1.807) is 0 Å². The van der Waals surface area contributed by atoms with Crippen LogP contribution in [0.3, 0.4) is 0 Å². The highest BCUT2D eigenvalue weighted by molar-refractivity contribution is 6.78. The number of hydrogen-bond acceptors (Lipinski definition) is 0. The highest BCUT2D eigenvalue weighted by atomic mass is 28.3. The first-order valence-corrected chi connectivity index (χ1v) is 11.2. The first kappa shape index (κ1) is 14.1. The summed E-state index contributed by atoms with van der Waals surface area (Å²) in [5.41, 5.74) is 3.45. The molecule has 0 saturated carbocycles. The van der Waals surface area contributed by atoms with Crippen LogP contribution in [0.5, 0.6) is 0 Å². The molecule has 0 bridgehead atoms. The maximum Gasteiger partial charge on any atom is 0.0573 e. The van der Waals surface area contributed by atoms with Gasteiger partial charge in [-0.05, 0) is 21.9 Å². The molecule has 0 radical (unpaired) electrons. The smallest absolute Gasteiger partial charge is 0.0573 e. The third-order valence-electron chi connectivity index (χ3n) is 4.11. The van der Waals surface area contributed by atoms with Gasteiger partial charge in [-0.25, -0.2) is 0 Å². The van der Waals surface area contributed by atoms with Crippen LogP contribution in [0.1, 0.15) is 16.7 Å². The van der Waals surface area contributed by atoms with E-state index < -0.39 is 8.07 Å². The van der Waals surface area contributed by atoms with Gasteiger partial charge in [-0.15, -0.1) is 0 Å². The van der Waals surface area contributed by atoms with E-state index in [1.165, 1.54) is 21.9 Å². The average molecular weight is 290 g/mol. The highest BCUT2D eigenvalue weighted by Crippen LogP contribution is 2.35. The average Bonchev–Trinajstić information content (AvgIpc) is 2.47. The van der Waals surface area contributed by atoms with Crippen molar-refractivity contribution in [2.45, 2.75) is 25.2 Å². The molecule has 0 aliphatic heterocycles. The lowest BCUT2D eigenvalue weighted by Gasteiger charge is -2.30. The molecule has 3 aromatic carbocycles. The maximum absolute atomic E-state index is 2.46. The van der Waals surface area contributed by atoms with Crippen molar-refractivity contribution in [1.29, 1.82) is 0 Å². The van der Waals surface area contributed by atoms with Crippen LogP contribution in [0.25, 0.3) is 10.8 Å². The SMILES string of the molecule is C[Si](C)(C)C(c1ccccc1)c1ccc2ccccc2c1. The van der Waals surface area contributed by atoms with E-state index in [2.05, 4.69) is 92.4 Å². The Morgan fingerprint density at radius 2 is 1.24 bits per heavy atom. The lowest BCUT2D eigenvalue weighted by Crippen LogP contribution is -2.31. The Hall–Kier alpha value is -1.86. The molecular formula is C20H22Si. The van der Waals surface area contributed by atoms with E-state index >= 15 is 0 Å². The van der Waals surface area contributed by atoms with Crippen molar-refractivity contribution in [1.82, 2.24) is 0 Å². The van der Waals surface area contributed by atoms with Crippen LogP contribution in [0.2, 0.25) is 19.6 Å². The third kappa shape index (κ3) is 2.93. The molecule has 0 aromatic heterocycles. The summed E-state index contributed by atoms with van der Waals surface area (Å²) < 4.78 is 0. The Kier molecular flexibility index (Phi) is 3.69. The van der Waals surface area contributed by atoms with E-state index in [4.69, 9.17) is 0 Å². The molecule has 1 atom stereocenters. The maximum atomic E-state index is 2.46. The standard InChI is InChI=1S/C20H22Si/c1-21(2,3)20(17-10-5-4-6-11-17)19-14-13-16-9-7-8-12-18(16)15-19/h4-15,20H,1-3H3. The van der Waals surface area contributed by atoms with Gasteiger partial charge in [0.05, 0.1) is 8.07 Å². The van der Waals surface area contributed by atoms with Crippen molar-refractivity contribution < 1.29 is 0 Å². The Morgan fingerprint density at radius 1 is 0.619 bits per heavy atom. The van der Waals surface area contributed by atoms with Gasteiger partial charge in [-0.1, -0.05) is 92.4 Å². The van der Waals surface area contributed by atoms with Crippen LogP contribution in [0, 0.1) is 0 Å². The van der Waals surface area contributed by atoms with Gasteiger partial charge in [-0.2, -0.15) is 0 Å². The first-order valence-electron chi connectivity index (χ1n) is 7.59. The molecule has 0 amide bonds. The zero-order valence-electron chi connectivity index (χ0n) is 13.0. The largest absolute Gasteiger partial charge is 0.0688 e. The quantitative estimate of drug-likeness (QED) is 0.531. The van der Waals surface area contributed by atoms with Crippen molar-refractivity contribution in [2.75, 3.05) is 0 Å². The van der Waals surface area contributed by atoms with Gasteiger partial charge in [-0.3, -0.25) is 0 Å². The lowest BCUT2D eigenvalue weighted by atomic mass is 10.0. The Morgan fingerprint density at radius 3 is 1.90 bits per heavy atom. The van der Waals surface area contributed by atoms with E-state index in [9.17, 15) is 0 Å². The molecular weight excluding hydrogens is 268 g/mol. The molecule has 1 heteroatoms. The summed E-state index contributed by atoms with van der Waals surface area (Å²) >= 11 is 0. The molecule has 0 N–H and O–H groups in total. The molecule has 0 heterocycles. The second-order valence-electron chi connectivity index (χ2n) is 6.82. The van der Waals surface area contributed by atoms with Crippen molar-refractivity contribution in [3.8, 4) is 0 Å². The summed E-state index contributed by atoms with van der Waals surface area (Å²) in [6.45, 7) is 7.37. The van der Waals surface area contributed by atoms with Gasteiger partial charge in [0.25, 0.3) is 0 Å². The number of fused-ring (bicyclic) bond motifs is 1. The molecule has 0 fully saturated rings. The minimum absolute atomic E-state index is 0.545. The molecule has 0 saturated heterocycles. The fourth-order valence-electron chi connectivity index (χ4n) is 3.23. The Balaban J connectivity index is 2.15. The summed E-state index contributed by atoms with van der Waals surface area (Å²) in [7, 11) is -1.36. The second-order valence-corrected chi connectivity index (χ2v) is 12.1. The molecule has 0 nitrogen and oxygen atoms in total. The number of hydrogen-bond donors (Lipinski definition) is 0. The molecule has 3 rings (SSSR count). The van der Waals surface area contributed by atoms with Gasteiger partial charge in [0.2, 0.25) is 0 Å². The van der Waals surface area contributed by atoms with Gasteiger partial charge in [0.15, 0.2) is 0 Å². The third-order valence-corrected chi connectivity index (χ3v) is 6.50. The molecule has 0 aliphatic carbocycles. The minimum Gasteiger partial charge on any atom is -0.0688 e. The normalized spacial score (nSPS) is 13.3. The van der Waals surface area contributed by atoms with Crippen LogP contribution in [-0.2, 0) is 0 Å². The van der Waals surface area contributed by atoms with Crippen molar-refractivity contribution in [3.63, 3.8) is 0 Å². The van der Waals surface area contributed by atoms with Gasteiger partial charge >= 0.3 is 0 Å². The zero-order valence-corrected chi connectivity index (χ0v) is 14.0. The topological polar surface area (TPSA) is 0 Å². The van der Waals surface area contributed by atoms with Gasteiger partial charge in [0, 0.05) is 5.54 Å². The lowest BCUT2D eigenvalue weighted by molar-refractivity contribution is 1.08. The molecule has 21 heavy (non-hydrogen) atoms. The summed E-state index contributed by atoms with van der Waals surface area (Å²) in [5.74, 6) is 0. The summed E-state index contributed by atoms with van der Waals surface area (Å²) in [6.07, 6.45) is 0. The summed E-state index contributed by atoms with van der Waals surface area (Å²) in [5, 5.41) is 2.66. The van der Waals surface area contributed by atoms with Gasteiger partial charge < -0.3 is 0 Å². The van der Waals surface area contributed by atoms with Crippen LogP contribution < -0.4 is 0 Å². The fraction of sp³-hybridized carbons (Fsp3) is 0.200. The zero-order chi connectivity index (χ0) is 14.9. The Labute approximate surface area is 128 Å². The van der Waals surface area contributed by atoms with Crippen LogP contribution in [0.4, 0.5) is 0 Å². The van der Waals surface area contributed by atoms with E-state index in [1.807, 2.05) is 0 Å². The van der Waals surface area contributed by atoms with Crippen molar-refractivity contribution >= 4 is 18.8 Å². The van der Waals surface area contributed by atoms with E-state index in [-0.39, 0.29) is 0 Å². The summed E-state index contributed by atoms with van der Waals surface area (Å²) in [4.78, 5) is 0. The van der Waals surface area contributed by atoms with Crippen LogP contribution in [-0.4, -0.2) is 8.07 Å². The predicted octanol–water partition coefficient (Wildman–Crippen LogP) is 5.85. The molecule has 1 unspecified atom stereocenters. The molecule has 0 spiro atoms. The molecule has 0 aliphatic rings. The minimum atomic E-state index is -1.36. The van der Waals surface area contributed by atoms with Crippen LogP contribution >= 0.6 is 0 Å². The monoisotopic (exact) mass is 290 g/mol. The molecule has 106 valence electrons. The second kappa shape index (κ2) is 5.49. The first-order chi connectivity index (χ1) is 10.1. The van der Waals surface area contributed by atoms with Crippen LogP contribution in [0.15, 0.2) is 72.8 Å². The Bertz CT molecular complexity index is 738. The van der Waals surface area contributed by atoms with Gasteiger partial charge in [0.1, 0.15) is 0 Å². The van der Waals surface area contributed by atoms with E-state index in [0.717, 1.165) is 0 Å². The highest BCUT2D eigenvalue weighted by Gasteiger charge is 2.29. The fourth-order valence-corrected chi connectivity index (χ4v) is 5.60. The number of benzene rings is 3. The molecule has 3 aromatic rings. The van der Waals surface area contributed by atoms with Crippen molar-refractivity contribution in [3.05, 3.63) is 83.9 Å². The predicted molar refractivity (Wildman–Crippen MR) is 95.6 cm³/mol. The van der Waals surface area contributed by atoms with Crippen molar-refractivity contribution in [2.24, 2.45) is 0 Å².